The van der Waals surface area contributed by atoms with Crippen LogP contribution < -0.4 is 10.2 Å². The number of carbonyl (C=O) groups excluding carboxylic acids is 1. The van der Waals surface area contributed by atoms with Crippen LogP contribution in [-0.2, 0) is 6.42 Å². The molecule has 6 heteroatoms. The number of amides is 2. The lowest BCUT2D eigenvalue weighted by molar-refractivity contribution is 0.206. The fraction of sp³-hybridized carbons (Fsp3) is 0.667. The van der Waals surface area contributed by atoms with Crippen LogP contribution >= 0.6 is 11.3 Å². The van der Waals surface area contributed by atoms with Gasteiger partial charge in [0.2, 0.25) is 0 Å². The molecule has 0 unspecified atom stereocenters. The van der Waals surface area contributed by atoms with E-state index in [2.05, 4.69) is 27.7 Å². The molecule has 0 saturated carbocycles. The number of thiazole rings is 1. The predicted molar refractivity (Wildman–Crippen MR) is 97.6 cm³/mol. The molecule has 130 valence electrons. The maximum Gasteiger partial charge on any atom is 0.317 e. The molecule has 2 atom stereocenters. The lowest BCUT2D eigenvalue weighted by atomic mass is 9.86. The minimum Gasteiger partial charge on any atom is -0.348 e. The summed E-state index contributed by atoms with van der Waals surface area (Å²) in [5, 5.41) is 6.36. The van der Waals surface area contributed by atoms with Gasteiger partial charge in [0.1, 0.15) is 0 Å². The fourth-order valence-corrected chi connectivity index (χ4v) is 4.97. The molecular weight excluding hydrogens is 320 g/mol. The standard InChI is InChI=1S/C18H26N4OS/c23-17(22-11-14-5-1-2-6-15(14)12-22)19-8-7-16-13-24-18(20-16)21-9-3-4-10-21/h1-2,13-15H,3-12H2,(H,19,23)/t14-,15-/m1/s1. The summed E-state index contributed by atoms with van der Waals surface area (Å²) in [6.45, 7) is 4.77. The fourth-order valence-electron chi connectivity index (χ4n) is 4.05. The van der Waals surface area contributed by atoms with Gasteiger partial charge in [-0.3, -0.25) is 0 Å². The molecule has 2 fully saturated rings. The van der Waals surface area contributed by atoms with E-state index >= 15 is 0 Å². The molecule has 5 nitrogen and oxygen atoms in total. The molecule has 3 heterocycles. The molecule has 2 saturated heterocycles. The van der Waals surface area contributed by atoms with E-state index in [1.807, 2.05) is 4.90 Å². The number of hydrogen-bond donors (Lipinski definition) is 1. The van der Waals surface area contributed by atoms with Crippen LogP contribution in [0.4, 0.5) is 9.93 Å². The Labute approximate surface area is 147 Å². The highest BCUT2D eigenvalue weighted by Crippen LogP contribution is 2.32. The number of allylic oxidation sites excluding steroid dienone is 2. The summed E-state index contributed by atoms with van der Waals surface area (Å²) < 4.78 is 0. The second kappa shape index (κ2) is 7.13. The Bertz CT molecular complexity index is 592. The summed E-state index contributed by atoms with van der Waals surface area (Å²) in [6, 6.07) is 0.0967. The van der Waals surface area contributed by atoms with Crippen LogP contribution in [0.15, 0.2) is 17.5 Å². The first kappa shape index (κ1) is 15.9. The summed E-state index contributed by atoms with van der Waals surface area (Å²) in [5.74, 6) is 1.34. The Morgan fingerprint density at radius 3 is 2.62 bits per heavy atom. The molecule has 0 radical (unpaired) electrons. The third-order valence-electron chi connectivity index (χ3n) is 5.48. The first-order chi connectivity index (χ1) is 11.8. The molecule has 4 rings (SSSR count). The maximum atomic E-state index is 12.4. The number of likely N-dealkylation sites (tertiary alicyclic amines) is 1. The Hall–Kier alpha value is -1.56. The van der Waals surface area contributed by atoms with Crippen LogP contribution in [-0.4, -0.2) is 48.6 Å². The van der Waals surface area contributed by atoms with Gasteiger partial charge < -0.3 is 15.1 Å². The highest BCUT2D eigenvalue weighted by atomic mass is 32.1. The van der Waals surface area contributed by atoms with Gasteiger partial charge in [-0.25, -0.2) is 9.78 Å². The Kier molecular flexibility index (Phi) is 4.74. The molecule has 24 heavy (non-hydrogen) atoms. The van der Waals surface area contributed by atoms with Crippen LogP contribution in [0.1, 0.15) is 31.4 Å². The van der Waals surface area contributed by atoms with E-state index in [9.17, 15) is 4.79 Å². The molecular formula is C18H26N4OS. The number of anilines is 1. The number of rotatable bonds is 4. The van der Waals surface area contributed by atoms with Crippen molar-refractivity contribution in [1.29, 1.82) is 0 Å². The normalized spacial score (nSPS) is 26.0. The number of urea groups is 1. The van der Waals surface area contributed by atoms with E-state index in [1.54, 1.807) is 11.3 Å². The van der Waals surface area contributed by atoms with Gasteiger partial charge in [0.25, 0.3) is 0 Å². The van der Waals surface area contributed by atoms with Crippen molar-refractivity contribution in [3.05, 3.63) is 23.2 Å². The molecule has 1 aromatic heterocycles. The third-order valence-corrected chi connectivity index (χ3v) is 6.43. The van der Waals surface area contributed by atoms with Crippen LogP contribution in [0.3, 0.4) is 0 Å². The van der Waals surface area contributed by atoms with Crippen LogP contribution in [0.25, 0.3) is 0 Å². The molecule has 1 N–H and O–H groups in total. The second-order valence-electron chi connectivity index (χ2n) is 7.17. The average molecular weight is 347 g/mol. The van der Waals surface area contributed by atoms with Crippen molar-refractivity contribution >= 4 is 22.5 Å². The quantitative estimate of drug-likeness (QED) is 0.853. The monoisotopic (exact) mass is 346 g/mol. The topological polar surface area (TPSA) is 48.5 Å². The van der Waals surface area contributed by atoms with Crippen molar-refractivity contribution in [1.82, 2.24) is 15.2 Å². The van der Waals surface area contributed by atoms with Crippen LogP contribution in [0, 0.1) is 11.8 Å². The van der Waals surface area contributed by atoms with E-state index in [0.717, 1.165) is 56.3 Å². The lowest BCUT2D eigenvalue weighted by Gasteiger charge is -2.17. The second-order valence-corrected chi connectivity index (χ2v) is 8.00. The number of fused-ring (bicyclic) bond motifs is 1. The summed E-state index contributed by atoms with van der Waals surface area (Å²) >= 11 is 1.73. The first-order valence-electron chi connectivity index (χ1n) is 9.17. The summed E-state index contributed by atoms with van der Waals surface area (Å²) in [4.78, 5) is 21.4. The number of hydrogen-bond acceptors (Lipinski definition) is 4. The SMILES string of the molecule is O=C(NCCc1csc(N2CCCC2)n1)N1C[C@H]2CC=CC[C@@H]2C1. The van der Waals surface area contributed by atoms with Crippen molar-refractivity contribution < 1.29 is 4.79 Å². The van der Waals surface area contributed by atoms with Crippen molar-refractivity contribution in [2.75, 3.05) is 37.6 Å². The molecule has 1 aliphatic carbocycles. The minimum atomic E-state index is 0.0967. The maximum absolute atomic E-state index is 12.4. The highest BCUT2D eigenvalue weighted by Gasteiger charge is 2.34. The van der Waals surface area contributed by atoms with E-state index in [1.165, 1.54) is 12.8 Å². The highest BCUT2D eigenvalue weighted by molar-refractivity contribution is 7.13. The number of carbonyl (C=O) groups is 1. The van der Waals surface area contributed by atoms with Crippen molar-refractivity contribution in [3.8, 4) is 0 Å². The van der Waals surface area contributed by atoms with Gasteiger partial charge in [-0.15, -0.1) is 11.3 Å². The van der Waals surface area contributed by atoms with Gasteiger partial charge in [0.15, 0.2) is 5.13 Å². The molecule has 2 amide bonds. The van der Waals surface area contributed by atoms with Gasteiger partial charge in [-0.2, -0.15) is 0 Å². The van der Waals surface area contributed by atoms with Gasteiger partial charge in [-0.05, 0) is 37.5 Å². The van der Waals surface area contributed by atoms with Gasteiger partial charge in [0.05, 0.1) is 5.69 Å². The first-order valence-corrected chi connectivity index (χ1v) is 10.0. The molecule has 0 bridgehead atoms. The average Bonchev–Trinajstić information content (AvgIpc) is 3.33. The molecule has 0 spiro atoms. The number of nitrogens with zero attached hydrogens (tertiary/aromatic N) is 3. The molecule has 1 aromatic rings. The van der Waals surface area contributed by atoms with Gasteiger partial charge in [-0.1, -0.05) is 12.2 Å². The Morgan fingerprint density at radius 2 is 1.92 bits per heavy atom. The Morgan fingerprint density at radius 1 is 1.21 bits per heavy atom. The van der Waals surface area contributed by atoms with E-state index in [0.29, 0.717) is 18.4 Å². The lowest BCUT2D eigenvalue weighted by Crippen LogP contribution is -2.39. The van der Waals surface area contributed by atoms with E-state index < -0.39 is 0 Å². The summed E-state index contributed by atoms with van der Waals surface area (Å²) in [5.41, 5.74) is 1.10. The summed E-state index contributed by atoms with van der Waals surface area (Å²) in [6.07, 6.45) is 10.2. The van der Waals surface area contributed by atoms with Crippen molar-refractivity contribution in [2.45, 2.75) is 32.1 Å². The van der Waals surface area contributed by atoms with E-state index in [-0.39, 0.29) is 6.03 Å². The summed E-state index contributed by atoms with van der Waals surface area (Å²) in [7, 11) is 0. The zero-order chi connectivity index (χ0) is 16.4. The van der Waals surface area contributed by atoms with Gasteiger partial charge >= 0.3 is 6.03 Å². The minimum absolute atomic E-state index is 0.0967. The number of aromatic nitrogens is 1. The zero-order valence-electron chi connectivity index (χ0n) is 14.1. The molecule has 2 aliphatic heterocycles. The Balaban J connectivity index is 1.22. The van der Waals surface area contributed by atoms with Crippen molar-refractivity contribution in [3.63, 3.8) is 0 Å². The number of nitrogens with one attached hydrogen (secondary N) is 1. The van der Waals surface area contributed by atoms with Crippen LogP contribution in [0.2, 0.25) is 0 Å². The molecule has 0 aromatic carbocycles. The van der Waals surface area contributed by atoms with E-state index in [4.69, 9.17) is 4.98 Å². The van der Waals surface area contributed by atoms with Gasteiger partial charge in [0, 0.05) is 44.5 Å². The zero-order valence-corrected chi connectivity index (χ0v) is 14.9. The third kappa shape index (κ3) is 3.43. The van der Waals surface area contributed by atoms with Crippen molar-refractivity contribution in [2.24, 2.45) is 11.8 Å². The predicted octanol–water partition coefficient (Wildman–Crippen LogP) is 2.89. The van der Waals surface area contributed by atoms with Crippen LogP contribution in [0.5, 0.6) is 0 Å². The largest absolute Gasteiger partial charge is 0.348 e. The molecule has 3 aliphatic rings. The smallest absolute Gasteiger partial charge is 0.317 e.